The Hall–Kier alpha value is -3.29. The molecule has 4 N–H and O–H groups in total. The van der Waals surface area contributed by atoms with Crippen molar-refractivity contribution in [2.24, 2.45) is 5.92 Å². The van der Waals surface area contributed by atoms with Gasteiger partial charge in [0.05, 0.1) is 17.0 Å². The Morgan fingerprint density at radius 2 is 2.14 bits per heavy atom. The van der Waals surface area contributed by atoms with Gasteiger partial charge in [-0.15, -0.1) is 0 Å². The van der Waals surface area contributed by atoms with E-state index in [9.17, 15) is 9.18 Å². The van der Waals surface area contributed by atoms with E-state index in [0.29, 0.717) is 30.3 Å². The first-order valence-corrected chi connectivity index (χ1v) is 9.25. The summed E-state index contributed by atoms with van der Waals surface area (Å²) in [6.45, 7) is 0.346. The minimum Gasteiger partial charge on any atom is -0.351 e. The highest BCUT2D eigenvalue weighted by molar-refractivity contribution is 5.95. The molecule has 2 aromatic rings. The molecule has 0 bridgehead atoms. The van der Waals surface area contributed by atoms with E-state index in [1.807, 2.05) is 0 Å². The number of halogens is 1. The van der Waals surface area contributed by atoms with Gasteiger partial charge in [-0.05, 0) is 49.3 Å². The molecular weight excluding hydrogens is 359 g/mol. The van der Waals surface area contributed by atoms with Crippen molar-refractivity contribution in [1.29, 1.82) is 10.8 Å². The molecule has 0 aliphatic heterocycles. The van der Waals surface area contributed by atoms with Gasteiger partial charge in [-0.2, -0.15) is 0 Å². The van der Waals surface area contributed by atoms with Gasteiger partial charge in [-0.3, -0.25) is 20.2 Å². The van der Waals surface area contributed by atoms with E-state index in [1.165, 1.54) is 16.7 Å². The highest BCUT2D eigenvalue weighted by Gasteiger charge is 2.28. The average Bonchev–Trinajstić information content (AvgIpc) is 3.48. The lowest BCUT2D eigenvalue weighted by Crippen LogP contribution is -2.36. The molecule has 2 aliphatic rings. The molecule has 7 nitrogen and oxygen atoms in total. The number of nitrogens with zero attached hydrogens (tertiary/aromatic N) is 2. The van der Waals surface area contributed by atoms with Crippen LogP contribution in [-0.4, -0.2) is 39.0 Å². The molecule has 1 amide bonds. The van der Waals surface area contributed by atoms with Crippen LogP contribution < -0.4 is 10.8 Å². The summed E-state index contributed by atoms with van der Waals surface area (Å²) in [7, 11) is 0. The molecule has 0 spiro atoms. The molecule has 2 aliphatic carbocycles. The van der Waals surface area contributed by atoms with Gasteiger partial charge >= 0.3 is 0 Å². The summed E-state index contributed by atoms with van der Waals surface area (Å²) in [5.41, 5.74) is 1.68. The lowest BCUT2D eigenvalue weighted by molar-refractivity contribution is 0.0951. The van der Waals surface area contributed by atoms with Crippen LogP contribution in [0.1, 0.15) is 40.4 Å². The van der Waals surface area contributed by atoms with Gasteiger partial charge < -0.3 is 10.3 Å². The highest BCUT2D eigenvalue weighted by Crippen LogP contribution is 2.30. The number of aromatic amines is 1. The lowest BCUT2D eigenvalue weighted by atomic mass is 10.2. The van der Waals surface area contributed by atoms with Crippen LogP contribution in [0.25, 0.3) is 12.2 Å². The first-order valence-electron chi connectivity index (χ1n) is 9.25. The summed E-state index contributed by atoms with van der Waals surface area (Å²) in [6.07, 6.45) is 9.15. The molecule has 1 fully saturated rings. The summed E-state index contributed by atoms with van der Waals surface area (Å²) < 4.78 is 14.8. The van der Waals surface area contributed by atoms with Crippen molar-refractivity contribution in [2.75, 3.05) is 6.54 Å². The van der Waals surface area contributed by atoms with Gasteiger partial charge in [0.25, 0.3) is 5.91 Å². The molecule has 1 atom stereocenters. The molecule has 2 aromatic heterocycles. The third-order valence-corrected chi connectivity index (χ3v) is 4.80. The van der Waals surface area contributed by atoms with Gasteiger partial charge in [-0.1, -0.05) is 0 Å². The Bertz CT molecular complexity index is 1010. The first-order chi connectivity index (χ1) is 13.5. The largest absolute Gasteiger partial charge is 0.351 e. The minimum atomic E-state index is -1.11. The van der Waals surface area contributed by atoms with Gasteiger partial charge in [0, 0.05) is 25.1 Å². The Labute approximate surface area is 161 Å². The number of allylic oxidation sites excluding steroid dienone is 2. The highest BCUT2D eigenvalue weighted by atomic mass is 19.1. The molecule has 8 heteroatoms. The van der Waals surface area contributed by atoms with E-state index in [1.54, 1.807) is 30.5 Å². The SMILES string of the molecule is N=C(C1CC1)n1cccc(C(=O)NCCc2nc3c([nH]2)C=CC(F)C=C3)c1=N. The number of pyridine rings is 1. The first kappa shape index (κ1) is 18.1. The number of fused-ring (bicyclic) bond motifs is 1. The van der Waals surface area contributed by atoms with Crippen LogP contribution in [0, 0.1) is 16.7 Å². The Morgan fingerprint density at radius 1 is 1.36 bits per heavy atom. The molecule has 4 rings (SSSR count). The zero-order valence-corrected chi connectivity index (χ0v) is 15.2. The van der Waals surface area contributed by atoms with E-state index < -0.39 is 6.17 Å². The normalized spacial score (nSPS) is 15.9. The third-order valence-electron chi connectivity index (χ3n) is 4.80. The van der Waals surface area contributed by atoms with Crippen molar-refractivity contribution in [3.8, 4) is 0 Å². The maximum absolute atomic E-state index is 13.3. The molecule has 0 aromatic carbocycles. The van der Waals surface area contributed by atoms with Crippen molar-refractivity contribution in [1.82, 2.24) is 19.9 Å². The predicted octanol–water partition coefficient (Wildman–Crippen LogP) is 2.28. The van der Waals surface area contributed by atoms with Crippen molar-refractivity contribution in [2.45, 2.75) is 25.4 Å². The summed E-state index contributed by atoms with van der Waals surface area (Å²) in [5.74, 6) is 0.906. The van der Waals surface area contributed by atoms with Gasteiger partial charge in [0.15, 0.2) is 0 Å². The molecule has 1 saturated carbocycles. The molecule has 0 radical (unpaired) electrons. The number of H-pyrrole nitrogens is 1. The fraction of sp³-hybridized carbons (Fsp3) is 0.300. The van der Waals surface area contributed by atoms with Crippen LogP contribution in [-0.2, 0) is 6.42 Å². The Kier molecular flexibility index (Phi) is 4.77. The predicted molar refractivity (Wildman–Crippen MR) is 104 cm³/mol. The Balaban J connectivity index is 1.39. The monoisotopic (exact) mass is 380 g/mol. The smallest absolute Gasteiger partial charge is 0.255 e. The number of nitrogens with one attached hydrogen (secondary N) is 4. The average molecular weight is 380 g/mol. The number of aromatic nitrogens is 3. The van der Waals surface area contributed by atoms with Gasteiger partial charge in [0.2, 0.25) is 0 Å². The van der Waals surface area contributed by atoms with E-state index in [0.717, 1.165) is 18.5 Å². The third kappa shape index (κ3) is 3.71. The molecule has 1 unspecified atom stereocenters. The summed E-state index contributed by atoms with van der Waals surface area (Å²) in [5, 5.41) is 19.2. The van der Waals surface area contributed by atoms with Crippen LogP contribution in [0.3, 0.4) is 0 Å². The standard InChI is InChI=1S/C20H21FN6O/c21-13-5-7-15-16(8-6-13)26-17(25-15)9-10-24-20(28)14-2-1-11-27(19(14)23)18(22)12-3-4-12/h1-2,5-8,11-13,22-23H,3-4,9-10H2,(H,24,28)(H,25,26). The van der Waals surface area contributed by atoms with E-state index in [2.05, 4.69) is 15.3 Å². The van der Waals surface area contributed by atoms with Crippen LogP contribution in [0.5, 0.6) is 0 Å². The summed E-state index contributed by atoms with van der Waals surface area (Å²) >= 11 is 0. The van der Waals surface area contributed by atoms with Gasteiger partial charge in [0.1, 0.15) is 23.3 Å². The lowest BCUT2D eigenvalue weighted by Gasteiger charge is -2.10. The van der Waals surface area contributed by atoms with Crippen molar-refractivity contribution >= 4 is 23.9 Å². The van der Waals surface area contributed by atoms with Crippen LogP contribution in [0.2, 0.25) is 0 Å². The fourth-order valence-corrected chi connectivity index (χ4v) is 3.10. The fourth-order valence-electron chi connectivity index (χ4n) is 3.10. The number of rotatable bonds is 5. The molecule has 144 valence electrons. The van der Waals surface area contributed by atoms with Crippen molar-refractivity contribution in [3.05, 3.63) is 58.7 Å². The van der Waals surface area contributed by atoms with Crippen molar-refractivity contribution < 1.29 is 9.18 Å². The van der Waals surface area contributed by atoms with Crippen LogP contribution >= 0.6 is 0 Å². The molecule has 2 heterocycles. The zero-order valence-electron chi connectivity index (χ0n) is 15.2. The zero-order chi connectivity index (χ0) is 19.7. The van der Waals surface area contributed by atoms with Gasteiger partial charge in [-0.25, -0.2) is 9.37 Å². The number of imidazole rings is 1. The summed E-state index contributed by atoms with van der Waals surface area (Å²) in [6, 6.07) is 3.27. The topological polar surface area (TPSA) is 110 Å². The second-order valence-electron chi connectivity index (χ2n) is 6.95. The van der Waals surface area contributed by atoms with Crippen LogP contribution in [0.4, 0.5) is 4.39 Å². The number of carbonyl (C=O) groups is 1. The van der Waals surface area contributed by atoms with E-state index in [4.69, 9.17) is 10.8 Å². The number of alkyl halides is 1. The second kappa shape index (κ2) is 7.38. The molecule has 28 heavy (non-hydrogen) atoms. The number of hydrogen-bond acceptors (Lipinski definition) is 4. The molecule has 0 saturated heterocycles. The molecular formula is C20H21FN6O. The van der Waals surface area contributed by atoms with E-state index in [-0.39, 0.29) is 22.9 Å². The second-order valence-corrected chi connectivity index (χ2v) is 6.95. The number of carbonyl (C=O) groups excluding carboxylic acids is 1. The number of amides is 1. The summed E-state index contributed by atoms with van der Waals surface area (Å²) in [4.78, 5) is 20.0. The maximum atomic E-state index is 13.3. The Morgan fingerprint density at radius 3 is 2.93 bits per heavy atom. The quantitative estimate of drug-likeness (QED) is 0.471. The maximum Gasteiger partial charge on any atom is 0.255 e. The van der Waals surface area contributed by atoms with Crippen LogP contribution in [0.15, 0.2) is 30.5 Å². The van der Waals surface area contributed by atoms with Crippen molar-refractivity contribution in [3.63, 3.8) is 0 Å². The minimum absolute atomic E-state index is 0.0256. The van der Waals surface area contributed by atoms with E-state index >= 15 is 0 Å². The number of hydrogen-bond donors (Lipinski definition) is 4.